The van der Waals surface area contributed by atoms with Crippen LogP contribution in [0.3, 0.4) is 0 Å². The molecule has 0 aliphatic carbocycles. The fraction of sp³-hybridized carbons (Fsp3) is 0.462. The van der Waals surface area contributed by atoms with Crippen molar-refractivity contribution in [2.24, 2.45) is 0 Å². The van der Waals surface area contributed by atoms with E-state index in [1.54, 1.807) is 0 Å². The fourth-order valence-electron chi connectivity index (χ4n) is 1.67. The van der Waals surface area contributed by atoms with Crippen molar-refractivity contribution in [3.05, 3.63) is 29.8 Å². The molecule has 0 aliphatic rings. The number of nitrogens with zero attached hydrogens (tertiary/aromatic N) is 1. The fourth-order valence-corrected chi connectivity index (χ4v) is 1.67. The van der Waals surface area contributed by atoms with Crippen molar-refractivity contribution in [3.63, 3.8) is 0 Å². The van der Waals surface area contributed by atoms with Crippen molar-refractivity contribution >= 4 is 5.91 Å². The van der Waals surface area contributed by atoms with Crippen LogP contribution in [0.25, 0.3) is 0 Å². The molecule has 0 bridgehead atoms. The maximum absolute atomic E-state index is 12.1. The molecule has 1 aromatic carbocycles. The largest absolute Gasteiger partial charge is 0.435 e. The summed E-state index contributed by atoms with van der Waals surface area (Å²) in [7, 11) is 2.94. The van der Waals surface area contributed by atoms with E-state index in [0.29, 0.717) is 0 Å². The highest BCUT2D eigenvalue weighted by Crippen LogP contribution is 2.17. The highest BCUT2D eigenvalue weighted by atomic mass is 19.3. The van der Waals surface area contributed by atoms with E-state index >= 15 is 0 Å². The van der Waals surface area contributed by atoms with E-state index in [2.05, 4.69) is 4.74 Å². The standard InChI is InChI=1S/C13H17F2NO4/c1-16(7-10(17)8-19-2)12(18)9-4-3-5-11(6-9)20-13(14)15/h3-6,10,13,17H,7-8H2,1-2H3. The molecule has 0 radical (unpaired) electrons. The highest BCUT2D eigenvalue weighted by Gasteiger charge is 2.16. The smallest absolute Gasteiger partial charge is 0.387 e. The molecular formula is C13H17F2NO4. The van der Waals surface area contributed by atoms with Crippen molar-refractivity contribution in [2.75, 3.05) is 27.3 Å². The molecule has 7 heteroatoms. The van der Waals surface area contributed by atoms with Gasteiger partial charge in [-0.25, -0.2) is 0 Å². The number of ether oxygens (including phenoxy) is 2. The number of amides is 1. The van der Waals surface area contributed by atoms with Gasteiger partial charge in [0.15, 0.2) is 0 Å². The third-order valence-corrected chi connectivity index (χ3v) is 2.50. The van der Waals surface area contributed by atoms with Crippen LogP contribution in [0.15, 0.2) is 24.3 Å². The number of rotatable bonds is 7. The maximum Gasteiger partial charge on any atom is 0.387 e. The SMILES string of the molecule is COCC(O)CN(C)C(=O)c1cccc(OC(F)F)c1. The van der Waals surface area contributed by atoms with Crippen molar-refractivity contribution < 1.29 is 28.2 Å². The Morgan fingerprint density at radius 3 is 2.75 bits per heavy atom. The second-order valence-electron chi connectivity index (χ2n) is 4.20. The maximum atomic E-state index is 12.1. The van der Waals surface area contributed by atoms with Gasteiger partial charge in [-0.15, -0.1) is 0 Å². The van der Waals surface area contributed by atoms with Gasteiger partial charge >= 0.3 is 6.61 Å². The van der Waals surface area contributed by atoms with Gasteiger partial charge in [-0.05, 0) is 18.2 Å². The van der Waals surface area contributed by atoms with Gasteiger partial charge in [-0.3, -0.25) is 4.79 Å². The van der Waals surface area contributed by atoms with Crippen molar-refractivity contribution in [1.82, 2.24) is 4.90 Å². The molecule has 1 rings (SSSR count). The lowest BCUT2D eigenvalue weighted by atomic mass is 10.2. The summed E-state index contributed by atoms with van der Waals surface area (Å²) in [5, 5.41) is 9.55. The van der Waals surface area contributed by atoms with Crippen LogP contribution in [0.2, 0.25) is 0 Å². The predicted octanol–water partition coefficient (Wildman–Crippen LogP) is 1.37. The molecule has 0 saturated heterocycles. The average Bonchev–Trinajstić information content (AvgIpc) is 2.37. The highest BCUT2D eigenvalue weighted by molar-refractivity contribution is 5.94. The summed E-state index contributed by atoms with van der Waals surface area (Å²) in [6.45, 7) is -2.76. The Kier molecular flexibility index (Phi) is 6.33. The minimum absolute atomic E-state index is 0.0760. The molecule has 0 heterocycles. The Labute approximate surface area is 115 Å². The quantitative estimate of drug-likeness (QED) is 0.823. The Balaban J connectivity index is 2.71. The van der Waals surface area contributed by atoms with E-state index in [0.717, 1.165) is 0 Å². The second kappa shape index (κ2) is 7.76. The summed E-state index contributed by atoms with van der Waals surface area (Å²) in [4.78, 5) is 13.3. The first kappa shape index (κ1) is 16.3. The van der Waals surface area contributed by atoms with Crippen LogP contribution in [0, 0.1) is 0 Å². The van der Waals surface area contributed by atoms with E-state index in [1.165, 1.54) is 43.3 Å². The molecule has 1 aromatic rings. The van der Waals surface area contributed by atoms with E-state index in [4.69, 9.17) is 4.74 Å². The number of aliphatic hydroxyl groups is 1. The number of carbonyl (C=O) groups excluding carboxylic acids is 1. The first-order chi connectivity index (χ1) is 9.43. The van der Waals surface area contributed by atoms with E-state index in [9.17, 15) is 18.7 Å². The zero-order valence-electron chi connectivity index (χ0n) is 11.3. The Hall–Kier alpha value is -1.73. The molecule has 112 valence electrons. The van der Waals surface area contributed by atoms with Crippen molar-refractivity contribution in [3.8, 4) is 5.75 Å². The Morgan fingerprint density at radius 2 is 2.15 bits per heavy atom. The molecule has 1 N–H and O–H groups in total. The van der Waals surface area contributed by atoms with E-state index < -0.39 is 18.6 Å². The third kappa shape index (κ3) is 5.10. The lowest BCUT2D eigenvalue weighted by molar-refractivity contribution is -0.0499. The van der Waals surface area contributed by atoms with Crippen LogP contribution in [0.4, 0.5) is 8.78 Å². The van der Waals surface area contributed by atoms with E-state index in [1.807, 2.05) is 0 Å². The van der Waals surface area contributed by atoms with Gasteiger partial charge < -0.3 is 19.5 Å². The third-order valence-electron chi connectivity index (χ3n) is 2.50. The monoisotopic (exact) mass is 289 g/mol. The van der Waals surface area contributed by atoms with Gasteiger partial charge in [0, 0.05) is 26.3 Å². The minimum atomic E-state index is -2.94. The summed E-state index contributed by atoms with van der Waals surface area (Å²) in [6, 6.07) is 5.50. The summed E-state index contributed by atoms with van der Waals surface area (Å²) < 4.78 is 33.2. The lowest BCUT2D eigenvalue weighted by Gasteiger charge is -2.20. The first-order valence-electron chi connectivity index (χ1n) is 5.91. The molecule has 20 heavy (non-hydrogen) atoms. The number of methoxy groups -OCH3 is 1. The van der Waals surface area contributed by atoms with Gasteiger partial charge in [-0.1, -0.05) is 6.07 Å². The number of benzene rings is 1. The molecule has 5 nitrogen and oxygen atoms in total. The topological polar surface area (TPSA) is 59.0 Å². The second-order valence-corrected chi connectivity index (χ2v) is 4.20. The summed E-state index contributed by atoms with van der Waals surface area (Å²) in [6.07, 6.45) is -0.811. The average molecular weight is 289 g/mol. The normalized spacial score (nSPS) is 12.3. The zero-order chi connectivity index (χ0) is 15.1. The molecule has 1 atom stereocenters. The lowest BCUT2D eigenvalue weighted by Crippen LogP contribution is -2.36. The summed E-state index contributed by atoms with van der Waals surface area (Å²) in [5.41, 5.74) is 0.204. The van der Waals surface area contributed by atoms with Crippen LogP contribution in [-0.2, 0) is 4.74 Å². The van der Waals surface area contributed by atoms with Crippen LogP contribution >= 0.6 is 0 Å². The molecular weight excluding hydrogens is 272 g/mol. The first-order valence-corrected chi connectivity index (χ1v) is 5.91. The van der Waals surface area contributed by atoms with Gasteiger partial charge in [-0.2, -0.15) is 8.78 Å². The number of hydrogen-bond acceptors (Lipinski definition) is 4. The summed E-state index contributed by atoms with van der Waals surface area (Å²) in [5.74, 6) is -0.489. The molecule has 0 fully saturated rings. The van der Waals surface area contributed by atoms with Gasteiger partial charge in [0.25, 0.3) is 5.91 Å². The molecule has 1 amide bonds. The van der Waals surface area contributed by atoms with Gasteiger partial charge in [0.2, 0.25) is 0 Å². The van der Waals surface area contributed by atoms with Gasteiger partial charge in [0.05, 0.1) is 12.7 Å². The molecule has 0 aliphatic heterocycles. The van der Waals surface area contributed by atoms with Gasteiger partial charge in [0.1, 0.15) is 5.75 Å². The molecule has 0 aromatic heterocycles. The number of hydrogen-bond donors (Lipinski definition) is 1. The summed E-state index contributed by atoms with van der Waals surface area (Å²) >= 11 is 0. The molecule has 0 saturated carbocycles. The minimum Gasteiger partial charge on any atom is -0.435 e. The molecule has 1 unspecified atom stereocenters. The van der Waals surface area contributed by atoms with Crippen molar-refractivity contribution in [1.29, 1.82) is 0 Å². The zero-order valence-corrected chi connectivity index (χ0v) is 11.3. The van der Waals surface area contributed by atoms with E-state index in [-0.39, 0.29) is 24.5 Å². The van der Waals surface area contributed by atoms with Crippen LogP contribution < -0.4 is 4.74 Å². The number of aliphatic hydroxyl groups excluding tert-OH is 1. The van der Waals surface area contributed by atoms with Crippen molar-refractivity contribution in [2.45, 2.75) is 12.7 Å². The number of alkyl halides is 2. The number of halogens is 2. The van der Waals surface area contributed by atoms with Crippen LogP contribution in [0.5, 0.6) is 5.75 Å². The molecule has 0 spiro atoms. The number of likely N-dealkylation sites (N-methyl/N-ethyl adjacent to an activating group) is 1. The predicted molar refractivity (Wildman–Crippen MR) is 67.9 cm³/mol. The van der Waals surface area contributed by atoms with Crippen LogP contribution in [0.1, 0.15) is 10.4 Å². The Morgan fingerprint density at radius 1 is 1.45 bits per heavy atom. The Bertz CT molecular complexity index is 442. The van der Waals surface area contributed by atoms with Crippen LogP contribution in [-0.4, -0.2) is 55.9 Å². The number of carbonyl (C=O) groups is 1.